The number of nitrogens with one attached hydrogen (secondary N) is 3. The minimum Gasteiger partial charge on any atom is -0.388 e. The highest BCUT2D eigenvalue weighted by molar-refractivity contribution is 5.02. The molecule has 0 aromatic carbocycles. The largest absolute Gasteiger partial charge is 0.388 e. The van der Waals surface area contributed by atoms with E-state index in [2.05, 4.69) is 0 Å². The normalized spacial score (nSPS) is 44.6. The highest BCUT2D eigenvalue weighted by Gasteiger charge is 2.54. The van der Waals surface area contributed by atoms with E-state index in [1.54, 1.807) is 0 Å². The van der Waals surface area contributed by atoms with E-state index in [4.69, 9.17) is 18.9 Å². The third-order valence-electron chi connectivity index (χ3n) is 7.39. The topological polar surface area (TPSA) is 140 Å². The van der Waals surface area contributed by atoms with Gasteiger partial charge >= 0.3 is 0 Å². The van der Waals surface area contributed by atoms with E-state index in [0.717, 1.165) is 7.05 Å². The molecule has 0 aromatic rings. The molecule has 0 spiro atoms. The van der Waals surface area contributed by atoms with Gasteiger partial charge in [-0.25, -0.2) is 0 Å². The van der Waals surface area contributed by atoms with Gasteiger partial charge in [0.25, 0.3) is 0 Å². The SMILES string of the molecule is CCN(F)C1CC(NF)C(OC2OC(CNF)CCC2NF)C(O)C1OC1OCC(C)(O)C(N(C)F)C1O. The van der Waals surface area contributed by atoms with Crippen LogP contribution in [0.1, 0.15) is 33.1 Å². The Balaban J connectivity index is 1.84. The molecule has 38 heavy (non-hydrogen) atoms. The molecule has 12 nitrogen and oxygen atoms in total. The van der Waals surface area contributed by atoms with E-state index in [9.17, 15) is 37.7 Å². The summed E-state index contributed by atoms with van der Waals surface area (Å²) in [7, 11) is 0.982. The van der Waals surface area contributed by atoms with Crippen molar-refractivity contribution < 1.29 is 56.7 Å². The fourth-order valence-electron chi connectivity index (χ4n) is 5.44. The van der Waals surface area contributed by atoms with Gasteiger partial charge in [0.2, 0.25) is 0 Å². The van der Waals surface area contributed by atoms with Gasteiger partial charge in [0.05, 0.1) is 37.4 Å². The van der Waals surface area contributed by atoms with Crippen molar-refractivity contribution in [3.63, 3.8) is 0 Å². The Kier molecular flexibility index (Phi) is 11.4. The van der Waals surface area contributed by atoms with E-state index < -0.39 is 79.5 Å². The molecule has 2 saturated heterocycles. The van der Waals surface area contributed by atoms with Gasteiger partial charge in [0.15, 0.2) is 12.6 Å². The van der Waals surface area contributed by atoms with Gasteiger partial charge in [-0.15, -0.1) is 32.7 Å². The third kappa shape index (κ3) is 6.90. The number of aliphatic hydroxyl groups excluding tert-OH is 2. The second kappa shape index (κ2) is 13.7. The van der Waals surface area contributed by atoms with Crippen molar-refractivity contribution >= 4 is 0 Å². The quantitative estimate of drug-likeness (QED) is 0.141. The Labute approximate surface area is 217 Å². The second-order valence-corrected chi connectivity index (χ2v) is 10.2. The van der Waals surface area contributed by atoms with Crippen LogP contribution in [0.4, 0.5) is 22.4 Å². The number of halogens is 5. The van der Waals surface area contributed by atoms with Gasteiger partial charge in [-0.05, 0) is 33.1 Å². The first-order valence-electron chi connectivity index (χ1n) is 12.5. The summed E-state index contributed by atoms with van der Waals surface area (Å²) >= 11 is 0. The molecule has 2 aliphatic heterocycles. The molecule has 3 aliphatic rings. The van der Waals surface area contributed by atoms with Crippen LogP contribution in [-0.2, 0) is 18.9 Å². The lowest BCUT2D eigenvalue weighted by molar-refractivity contribution is -0.333. The molecular weight excluding hydrogens is 529 g/mol. The molecule has 224 valence electrons. The lowest BCUT2D eigenvalue weighted by atomic mass is 9.83. The minimum absolute atomic E-state index is 0.0913. The molecule has 12 unspecified atom stereocenters. The van der Waals surface area contributed by atoms with E-state index in [1.165, 1.54) is 30.5 Å². The maximum Gasteiger partial charge on any atom is 0.185 e. The highest BCUT2D eigenvalue weighted by Crippen LogP contribution is 2.35. The lowest BCUT2D eigenvalue weighted by Crippen LogP contribution is -2.68. The number of aliphatic hydroxyl groups is 3. The summed E-state index contributed by atoms with van der Waals surface area (Å²) in [5, 5.41) is 32.8. The first-order valence-corrected chi connectivity index (χ1v) is 12.5. The zero-order valence-corrected chi connectivity index (χ0v) is 21.4. The first kappa shape index (κ1) is 31.7. The van der Waals surface area contributed by atoms with E-state index in [-0.39, 0.29) is 37.5 Å². The highest BCUT2D eigenvalue weighted by atomic mass is 19.2. The second-order valence-electron chi connectivity index (χ2n) is 10.2. The molecular formula is C21H38F5N5O7. The van der Waals surface area contributed by atoms with Crippen molar-refractivity contribution in [2.75, 3.05) is 26.7 Å². The molecule has 3 fully saturated rings. The van der Waals surface area contributed by atoms with Crippen molar-refractivity contribution in [2.24, 2.45) is 0 Å². The van der Waals surface area contributed by atoms with Crippen molar-refractivity contribution in [1.29, 1.82) is 0 Å². The maximum atomic E-state index is 14.9. The Morgan fingerprint density at radius 3 is 2.24 bits per heavy atom. The fourth-order valence-corrected chi connectivity index (χ4v) is 5.44. The molecule has 1 saturated carbocycles. The van der Waals surface area contributed by atoms with Crippen LogP contribution in [0, 0.1) is 0 Å². The zero-order chi connectivity index (χ0) is 28.2. The number of hydrogen-bond donors (Lipinski definition) is 6. The van der Waals surface area contributed by atoms with Crippen molar-refractivity contribution in [1.82, 2.24) is 26.9 Å². The summed E-state index contributed by atoms with van der Waals surface area (Å²) in [6, 6.07) is -5.12. The standard InChI is InChI=1S/C21H38F5N5O7/c1-4-31(26)13-7-12(29-24)16(37-19-11(28-23)6-5-10(36-19)8-27-22)14(32)17(13)38-20-15(33)18(30(3)25)21(2,34)9-35-20/h10-20,27-29,32-34H,4-9H2,1-3H3. The summed E-state index contributed by atoms with van der Waals surface area (Å²) in [6.45, 7) is 1.85. The van der Waals surface area contributed by atoms with Crippen molar-refractivity contribution in [3.8, 4) is 0 Å². The van der Waals surface area contributed by atoms with Gasteiger partial charge in [-0.2, -0.15) is 16.6 Å². The van der Waals surface area contributed by atoms with Crippen LogP contribution in [0.15, 0.2) is 0 Å². The average molecular weight is 568 g/mol. The van der Waals surface area contributed by atoms with E-state index >= 15 is 0 Å². The van der Waals surface area contributed by atoms with Crippen LogP contribution in [0.2, 0.25) is 0 Å². The zero-order valence-electron chi connectivity index (χ0n) is 21.4. The Bertz CT molecular complexity index is 738. The van der Waals surface area contributed by atoms with Gasteiger partial charge in [0, 0.05) is 13.6 Å². The molecule has 3 rings (SSSR count). The molecule has 0 aromatic heterocycles. The lowest BCUT2D eigenvalue weighted by Gasteiger charge is -2.50. The smallest absolute Gasteiger partial charge is 0.185 e. The molecule has 0 bridgehead atoms. The molecule has 2 heterocycles. The number of ether oxygens (including phenoxy) is 4. The van der Waals surface area contributed by atoms with Crippen LogP contribution >= 0.6 is 0 Å². The van der Waals surface area contributed by atoms with Gasteiger partial charge in [-0.1, -0.05) is 0 Å². The van der Waals surface area contributed by atoms with E-state index in [0.29, 0.717) is 5.12 Å². The van der Waals surface area contributed by atoms with Crippen LogP contribution in [-0.4, -0.2) is 125 Å². The Morgan fingerprint density at radius 2 is 1.66 bits per heavy atom. The molecule has 0 amide bonds. The van der Waals surface area contributed by atoms with Gasteiger partial charge in [0.1, 0.15) is 36.1 Å². The van der Waals surface area contributed by atoms with Gasteiger partial charge < -0.3 is 34.3 Å². The Morgan fingerprint density at radius 1 is 1.00 bits per heavy atom. The predicted molar refractivity (Wildman–Crippen MR) is 120 cm³/mol. The minimum atomic E-state index is -1.81. The van der Waals surface area contributed by atoms with Crippen LogP contribution in [0.25, 0.3) is 0 Å². The summed E-state index contributed by atoms with van der Waals surface area (Å²) in [5.41, 5.74) is 2.63. The molecule has 1 aliphatic carbocycles. The fraction of sp³-hybridized carbons (Fsp3) is 1.00. The van der Waals surface area contributed by atoms with Crippen LogP contribution < -0.4 is 16.6 Å². The van der Waals surface area contributed by atoms with Crippen LogP contribution in [0.3, 0.4) is 0 Å². The molecule has 17 heteroatoms. The molecule has 0 radical (unpaired) electrons. The maximum absolute atomic E-state index is 14.9. The van der Waals surface area contributed by atoms with Crippen molar-refractivity contribution in [2.45, 2.75) is 106 Å². The first-order chi connectivity index (χ1) is 18.0. The number of likely N-dealkylation sites (N-methyl/N-ethyl adjacent to an activating group) is 2. The van der Waals surface area contributed by atoms with Crippen LogP contribution in [0.5, 0.6) is 0 Å². The summed E-state index contributed by atoms with van der Waals surface area (Å²) in [4.78, 5) is 0. The summed E-state index contributed by atoms with van der Waals surface area (Å²) in [6.07, 6.45) is -10.2. The summed E-state index contributed by atoms with van der Waals surface area (Å²) in [5.74, 6) is 0. The number of rotatable bonds is 11. The number of hydrogen-bond acceptors (Lipinski definition) is 12. The average Bonchev–Trinajstić information content (AvgIpc) is 2.87. The molecule has 6 N–H and O–H groups in total. The monoisotopic (exact) mass is 567 g/mol. The number of nitrogens with zero attached hydrogens (tertiary/aromatic N) is 2. The summed E-state index contributed by atoms with van der Waals surface area (Å²) < 4.78 is 91.5. The van der Waals surface area contributed by atoms with Gasteiger partial charge in [-0.3, -0.25) is 0 Å². The molecule has 12 atom stereocenters. The third-order valence-corrected chi connectivity index (χ3v) is 7.39. The predicted octanol–water partition coefficient (Wildman–Crippen LogP) is -0.586. The van der Waals surface area contributed by atoms with E-state index in [1.807, 2.05) is 0 Å². The van der Waals surface area contributed by atoms with Crippen molar-refractivity contribution in [3.05, 3.63) is 0 Å². The Hall–Kier alpha value is -0.830.